The van der Waals surface area contributed by atoms with Crippen LogP contribution >= 0.6 is 23.2 Å². The van der Waals surface area contributed by atoms with E-state index >= 15 is 0 Å². The molecule has 19 heavy (non-hydrogen) atoms. The van der Waals surface area contributed by atoms with E-state index in [1.165, 1.54) is 0 Å². The molecule has 1 aromatic heterocycles. The van der Waals surface area contributed by atoms with E-state index in [1.807, 2.05) is 12.1 Å². The predicted octanol–water partition coefficient (Wildman–Crippen LogP) is 4.41. The number of hydrogen-bond donors (Lipinski definition) is 0. The molecule has 0 bridgehead atoms. The Morgan fingerprint density at radius 1 is 1.16 bits per heavy atom. The SMILES string of the molecule is CCCc1nc(Cl)cc(-c2cc(Cl)ccc2OC)n1. The van der Waals surface area contributed by atoms with Gasteiger partial charge in [-0.15, -0.1) is 0 Å². The maximum absolute atomic E-state index is 6.05. The average molecular weight is 297 g/mol. The summed E-state index contributed by atoms with van der Waals surface area (Å²) in [5, 5.41) is 1.05. The molecular formula is C14H14Cl2N2O. The first-order chi connectivity index (χ1) is 9.13. The van der Waals surface area contributed by atoms with E-state index in [4.69, 9.17) is 27.9 Å². The largest absolute Gasteiger partial charge is 0.496 e. The van der Waals surface area contributed by atoms with Crippen molar-refractivity contribution in [2.24, 2.45) is 0 Å². The molecule has 0 N–H and O–H groups in total. The Kier molecular flexibility index (Phi) is 4.61. The topological polar surface area (TPSA) is 35.0 Å². The molecule has 0 fully saturated rings. The van der Waals surface area contributed by atoms with E-state index in [0.29, 0.717) is 15.9 Å². The Hall–Kier alpha value is -1.32. The normalized spacial score (nSPS) is 10.5. The molecule has 0 aliphatic rings. The molecule has 0 aliphatic heterocycles. The fourth-order valence-corrected chi connectivity index (χ4v) is 2.19. The molecule has 1 heterocycles. The summed E-state index contributed by atoms with van der Waals surface area (Å²) in [6, 6.07) is 7.12. The summed E-state index contributed by atoms with van der Waals surface area (Å²) in [6.07, 6.45) is 1.75. The number of aryl methyl sites for hydroxylation is 1. The van der Waals surface area contributed by atoms with Crippen molar-refractivity contribution in [2.75, 3.05) is 7.11 Å². The number of benzene rings is 1. The van der Waals surface area contributed by atoms with Gasteiger partial charge in [-0.2, -0.15) is 0 Å². The summed E-state index contributed by atoms with van der Waals surface area (Å²) >= 11 is 12.1. The second-order valence-corrected chi connectivity index (χ2v) is 4.91. The fraction of sp³-hybridized carbons (Fsp3) is 0.286. The minimum atomic E-state index is 0.426. The van der Waals surface area contributed by atoms with Crippen molar-refractivity contribution in [1.29, 1.82) is 0 Å². The van der Waals surface area contributed by atoms with Crippen LogP contribution in [0.4, 0.5) is 0 Å². The van der Waals surface area contributed by atoms with Crippen molar-refractivity contribution >= 4 is 23.2 Å². The summed E-state index contributed by atoms with van der Waals surface area (Å²) < 4.78 is 5.33. The number of hydrogen-bond acceptors (Lipinski definition) is 3. The first kappa shape index (κ1) is 14.1. The van der Waals surface area contributed by atoms with Gasteiger partial charge in [0, 0.05) is 23.1 Å². The number of nitrogens with zero attached hydrogens (tertiary/aromatic N) is 2. The van der Waals surface area contributed by atoms with E-state index in [1.54, 1.807) is 19.2 Å². The lowest BCUT2D eigenvalue weighted by atomic mass is 10.1. The van der Waals surface area contributed by atoms with Gasteiger partial charge in [-0.25, -0.2) is 9.97 Å². The molecule has 2 rings (SSSR count). The molecule has 0 saturated carbocycles. The van der Waals surface area contributed by atoms with E-state index < -0.39 is 0 Å². The molecule has 0 saturated heterocycles. The van der Waals surface area contributed by atoms with Gasteiger partial charge in [0.05, 0.1) is 12.8 Å². The highest BCUT2D eigenvalue weighted by molar-refractivity contribution is 6.31. The van der Waals surface area contributed by atoms with Crippen LogP contribution in [0.15, 0.2) is 24.3 Å². The van der Waals surface area contributed by atoms with Crippen LogP contribution < -0.4 is 4.74 Å². The third-order valence-electron chi connectivity index (χ3n) is 2.65. The van der Waals surface area contributed by atoms with Crippen molar-refractivity contribution in [3.05, 3.63) is 40.3 Å². The lowest BCUT2D eigenvalue weighted by Gasteiger charge is -2.10. The van der Waals surface area contributed by atoms with Gasteiger partial charge < -0.3 is 4.74 Å². The molecule has 1 aromatic carbocycles. The Morgan fingerprint density at radius 3 is 2.63 bits per heavy atom. The summed E-state index contributed by atoms with van der Waals surface area (Å²) in [7, 11) is 1.61. The number of ether oxygens (including phenoxy) is 1. The molecule has 0 amide bonds. The first-order valence-electron chi connectivity index (χ1n) is 6.01. The Balaban J connectivity index is 2.54. The minimum Gasteiger partial charge on any atom is -0.496 e. The van der Waals surface area contributed by atoms with Crippen molar-refractivity contribution in [1.82, 2.24) is 9.97 Å². The molecular weight excluding hydrogens is 283 g/mol. The lowest BCUT2D eigenvalue weighted by molar-refractivity contribution is 0.416. The zero-order valence-corrected chi connectivity index (χ0v) is 12.3. The van der Waals surface area contributed by atoms with Crippen LogP contribution in [0.2, 0.25) is 10.2 Å². The van der Waals surface area contributed by atoms with Crippen molar-refractivity contribution in [3.63, 3.8) is 0 Å². The molecule has 2 aromatic rings. The number of rotatable bonds is 4. The third kappa shape index (κ3) is 3.37. The van der Waals surface area contributed by atoms with Gasteiger partial charge in [-0.1, -0.05) is 30.1 Å². The van der Waals surface area contributed by atoms with Gasteiger partial charge in [0.25, 0.3) is 0 Å². The summed E-state index contributed by atoms with van der Waals surface area (Å²) in [6.45, 7) is 2.07. The number of methoxy groups -OCH3 is 1. The quantitative estimate of drug-likeness (QED) is 0.784. The van der Waals surface area contributed by atoms with Crippen LogP contribution in [0.3, 0.4) is 0 Å². The monoisotopic (exact) mass is 296 g/mol. The van der Waals surface area contributed by atoms with Gasteiger partial charge in [-0.05, 0) is 24.6 Å². The van der Waals surface area contributed by atoms with Crippen molar-refractivity contribution in [3.8, 4) is 17.0 Å². The molecule has 0 aliphatic carbocycles. The number of halogens is 2. The zero-order chi connectivity index (χ0) is 13.8. The average Bonchev–Trinajstić information content (AvgIpc) is 2.38. The van der Waals surface area contributed by atoms with Crippen LogP contribution in [0.1, 0.15) is 19.2 Å². The summed E-state index contributed by atoms with van der Waals surface area (Å²) in [4.78, 5) is 8.72. The van der Waals surface area contributed by atoms with Crippen LogP contribution in [0.25, 0.3) is 11.3 Å². The fourth-order valence-electron chi connectivity index (χ4n) is 1.82. The standard InChI is InChI=1S/C14H14Cl2N2O/c1-3-4-14-17-11(8-13(16)18-14)10-7-9(15)5-6-12(10)19-2/h5-8H,3-4H2,1-2H3. The van der Waals surface area contributed by atoms with E-state index in [-0.39, 0.29) is 0 Å². The molecule has 0 radical (unpaired) electrons. The smallest absolute Gasteiger partial charge is 0.133 e. The van der Waals surface area contributed by atoms with Crippen molar-refractivity contribution in [2.45, 2.75) is 19.8 Å². The van der Waals surface area contributed by atoms with Crippen molar-refractivity contribution < 1.29 is 4.74 Å². The first-order valence-corrected chi connectivity index (χ1v) is 6.77. The number of aromatic nitrogens is 2. The predicted molar refractivity (Wildman–Crippen MR) is 78.0 cm³/mol. The van der Waals surface area contributed by atoms with Crippen LogP contribution in [-0.2, 0) is 6.42 Å². The summed E-state index contributed by atoms with van der Waals surface area (Å²) in [5.74, 6) is 1.44. The molecule has 5 heteroatoms. The van der Waals surface area contributed by atoms with Crippen LogP contribution in [0, 0.1) is 0 Å². The maximum atomic E-state index is 6.05. The zero-order valence-electron chi connectivity index (χ0n) is 10.8. The van der Waals surface area contributed by atoms with Crippen LogP contribution in [-0.4, -0.2) is 17.1 Å². The Bertz CT molecular complexity index is 588. The minimum absolute atomic E-state index is 0.426. The summed E-state index contributed by atoms with van der Waals surface area (Å²) in [5.41, 5.74) is 1.54. The highest BCUT2D eigenvalue weighted by atomic mass is 35.5. The van der Waals surface area contributed by atoms with Gasteiger partial charge in [0.2, 0.25) is 0 Å². The molecule has 0 atom stereocenters. The highest BCUT2D eigenvalue weighted by Crippen LogP contribution is 2.32. The van der Waals surface area contributed by atoms with Gasteiger partial charge in [-0.3, -0.25) is 0 Å². The Labute approximate surface area is 122 Å². The lowest BCUT2D eigenvalue weighted by Crippen LogP contribution is -1.98. The van der Waals surface area contributed by atoms with Gasteiger partial charge >= 0.3 is 0 Å². The molecule has 3 nitrogen and oxygen atoms in total. The maximum Gasteiger partial charge on any atom is 0.133 e. The van der Waals surface area contributed by atoms with E-state index in [0.717, 1.165) is 29.9 Å². The molecule has 0 spiro atoms. The van der Waals surface area contributed by atoms with E-state index in [9.17, 15) is 0 Å². The second-order valence-electron chi connectivity index (χ2n) is 4.09. The van der Waals surface area contributed by atoms with Crippen LogP contribution in [0.5, 0.6) is 5.75 Å². The second kappa shape index (κ2) is 6.22. The van der Waals surface area contributed by atoms with Gasteiger partial charge in [0.1, 0.15) is 16.7 Å². The highest BCUT2D eigenvalue weighted by Gasteiger charge is 2.11. The van der Waals surface area contributed by atoms with E-state index in [2.05, 4.69) is 16.9 Å². The third-order valence-corrected chi connectivity index (χ3v) is 3.08. The molecule has 0 unspecified atom stereocenters. The molecule has 100 valence electrons. The Morgan fingerprint density at radius 2 is 1.95 bits per heavy atom. The van der Waals surface area contributed by atoms with Gasteiger partial charge in [0.15, 0.2) is 0 Å².